The van der Waals surface area contributed by atoms with Crippen molar-refractivity contribution in [3.63, 3.8) is 0 Å². The zero-order chi connectivity index (χ0) is 18.4. The lowest BCUT2D eigenvalue weighted by molar-refractivity contribution is -0.384. The Bertz CT molecular complexity index is 852. The van der Waals surface area contributed by atoms with E-state index in [-0.39, 0.29) is 5.69 Å². The van der Waals surface area contributed by atoms with E-state index in [1.165, 1.54) is 12.1 Å². The van der Waals surface area contributed by atoms with Crippen LogP contribution in [0.5, 0.6) is 0 Å². The molecule has 6 heteroatoms. The number of nitrogens with zero attached hydrogens (tertiary/aromatic N) is 3. The van der Waals surface area contributed by atoms with Gasteiger partial charge in [-0.15, -0.1) is 0 Å². The molecule has 0 unspecified atom stereocenters. The second-order valence-corrected chi connectivity index (χ2v) is 6.21. The molecule has 5 nitrogen and oxygen atoms in total. The Morgan fingerprint density at radius 3 is 2.56 bits per heavy atom. The van der Waals surface area contributed by atoms with Gasteiger partial charge in [-0.3, -0.25) is 10.1 Å². The van der Waals surface area contributed by atoms with E-state index in [0.717, 1.165) is 28.8 Å². The fourth-order valence-electron chi connectivity index (χ4n) is 2.57. The molecule has 0 N–H and O–H groups in total. The summed E-state index contributed by atoms with van der Waals surface area (Å²) in [5, 5.41) is 20.4. The molecule has 0 aromatic heterocycles. The molecular formula is C19H18BrN3O2. The van der Waals surface area contributed by atoms with Crippen LogP contribution in [0.3, 0.4) is 0 Å². The summed E-state index contributed by atoms with van der Waals surface area (Å²) >= 11 is 3.59. The van der Waals surface area contributed by atoms with Gasteiger partial charge in [-0.2, -0.15) is 5.26 Å². The van der Waals surface area contributed by atoms with Crippen molar-refractivity contribution in [1.82, 2.24) is 0 Å². The monoisotopic (exact) mass is 399 g/mol. The molecule has 25 heavy (non-hydrogen) atoms. The minimum Gasteiger partial charge on any atom is -0.371 e. The first kappa shape index (κ1) is 18.7. The van der Waals surface area contributed by atoms with Gasteiger partial charge in [0.05, 0.1) is 22.3 Å². The van der Waals surface area contributed by atoms with Crippen LogP contribution in [-0.4, -0.2) is 18.0 Å². The van der Waals surface area contributed by atoms with Crippen molar-refractivity contribution in [1.29, 1.82) is 5.26 Å². The number of nitro groups is 1. The Balaban J connectivity index is 2.40. The predicted octanol–water partition coefficient (Wildman–Crippen LogP) is 5.27. The lowest BCUT2D eigenvalue weighted by Gasteiger charge is -2.22. The molecule has 0 saturated heterocycles. The van der Waals surface area contributed by atoms with E-state index >= 15 is 0 Å². The number of nitro benzene ring substituents is 1. The van der Waals surface area contributed by atoms with Crippen molar-refractivity contribution < 1.29 is 4.92 Å². The van der Waals surface area contributed by atoms with E-state index in [1.807, 2.05) is 18.2 Å². The van der Waals surface area contributed by atoms with Crippen LogP contribution >= 0.6 is 15.9 Å². The van der Waals surface area contributed by atoms with Gasteiger partial charge in [0, 0.05) is 29.7 Å². The zero-order valence-corrected chi connectivity index (χ0v) is 15.7. The molecule has 2 rings (SSSR count). The number of hydrogen-bond acceptors (Lipinski definition) is 4. The molecule has 0 saturated carbocycles. The van der Waals surface area contributed by atoms with Gasteiger partial charge in [-0.1, -0.05) is 18.2 Å². The summed E-state index contributed by atoms with van der Waals surface area (Å²) in [6.45, 7) is 6.00. The highest BCUT2D eigenvalue weighted by Gasteiger charge is 2.10. The minimum absolute atomic E-state index is 0.0308. The topological polar surface area (TPSA) is 70.2 Å². The highest BCUT2D eigenvalue weighted by Crippen LogP contribution is 2.29. The lowest BCUT2D eigenvalue weighted by Crippen LogP contribution is -2.22. The normalized spacial score (nSPS) is 11.0. The largest absolute Gasteiger partial charge is 0.371 e. The van der Waals surface area contributed by atoms with Crippen LogP contribution in [0.1, 0.15) is 25.0 Å². The Morgan fingerprint density at radius 2 is 2.00 bits per heavy atom. The molecular weight excluding hydrogens is 382 g/mol. The summed E-state index contributed by atoms with van der Waals surface area (Å²) in [5.41, 5.74) is 2.82. The van der Waals surface area contributed by atoms with Gasteiger partial charge in [-0.25, -0.2) is 0 Å². The summed E-state index contributed by atoms with van der Waals surface area (Å²) in [5.74, 6) is 0. The first-order valence-corrected chi connectivity index (χ1v) is 8.70. The smallest absolute Gasteiger partial charge is 0.270 e. The summed E-state index contributed by atoms with van der Waals surface area (Å²) in [6, 6.07) is 14.1. The Labute approximate surface area is 155 Å². The average molecular weight is 400 g/mol. The first-order chi connectivity index (χ1) is 12.0. The SMILES string of the molecule is CCN(CC)c1ccc(C=C(C#N)c2cccc([N+](=O)[O-])c2)cc1Br. The minimum atomic E-state index is -0.464. The highest BCUT2D eigenvalue weighted by atomic mass is 79.9. The van der Waals surface area contributed by atoms with Crippen LogP contribution in [0.25, 0.3) is 11.6 Å². The maximum atomic E-state index is 10.9. The molecule has 0 atom stereocenters. The van der Waals surface area contributed by atoms with Gasteiger partial charge in [0.1, 0.15) is 0 Å². The standard InChI is InChI=1S/C19H18BrN3O2/c1-3-22(4-2)19-9-8-14(11-18(19)20)10-16(13-21)15-6-5-7-17(12-15)23(24)25/h5-12H,3-4H2,1-2H3. The maximum Gasteiger partial charge on any atom is 0.270 e. The third-order valence-corrected chi connectivity index (χ3v) is 4.51. The highest BCUT2D eigenvalue weighted by molar-refractivity contribution is 9.10. The lowest BCUT2D eigenvalue weighted by atomic mass is 10.0. The number of nitriles is 1. The number of rotatable bonds is 6. The fraction of sp³-hybridized carbons (Fsp3) is 0.211. The number of anilines is 1. The molecule has 0 radical (unpaired) electrons. The first-order valence-electron chi connectivity index (χ1n) is 7.91. The molecule has 0 heterocycles. The summed E-state index contributed by atoms with van der Waals surface area (Å²) in [4.78, 5) is 12.7. The molecule has 128 valence electrons. The van der Waals surface area contributed by atoms with Crippen molar-refractivity contribution in [2.75, 3.05) is 18.0 Å². The third-order valence-electron chi connectivity index (χ3n) is 3.88. The van der Waals surface area contributed by atoms with Crippen LogP contribution in [0.15, 0.2) is 46.9 Å². The average Bonchev–Trinajstić information content (AvgIpc) is 2.62. The van der Waals surface area contributed by atoms with Gasteiger partial charge in [0.25, 0.3) is 5.69 Å². The summed E-state index contributed by atoms with van der Waals surface area (Å²) < 4.78 is 0.946. The molecule has 0 amide bonds. The van der Waals surface area contributed by atoms with Crippen molar-refractivity contribution in [3.8, 4) is 6.07 Å². The van der Waals surface area contributed by atoms with Crippen LogP contribution in [0.4, 0.5) is 11.4 Å². The van der Waals surface area contributed by atoms with Crippen molar-refractivity contribution in [3.05, 3.63) is 68.2 Å². The van der Waals surface area contributed by atoms with Crippen LogP contribution in [-0.2, 0) is 0 Å². The number of hydrogen-bond donors (Lipinski definition) is 0. The van der Waals surface area contributed by atoms with Gasteiger partial charge >= 0.3 is 0 Å². The molecule has 0 bridgehead atoms. The van der Waals surface area contributed by atoms with Crippen LogP contribution in [0.2, 0.25) is 0 Å². The second-order valence-electron chi connectivity index (χ2n) is 5.36. The number of halogens is 1. The van der Waals surface area contributed by atoms with E-state index < -0.39 is 4.92 Å². The van der Waals surface area contributed by atoms with Gasteiger partial charge < -0.3 is 4.90 Å². The predicted molar refractivity (Wildman–Crippen MR) is 104 cm³/mol. The molecule has 0 aliphatic rings. The van der Waals surface area contributed by atoms with Crippen LogP contribution in [0, 0.1) is 21.4 Å². The van der Waals surface area contributed by atoms with E-state index in [4.69, 9.17) is 0 Å². The molecule has 2 aromatic rings. The molecule has 0 spiro atoms. The van der Waals surface area contributed by atoms with E-state index in [2.05, 4.69) is 40.7 Å². The van der Waals surface area contributed by atoms with Crippen molar-refractivity contribution >= 4 is 39.0 Å². The quantitative estimate of drug-likeness (QED) is 0.287. The zero-order valence-electron chi connectivity index (χ0n) is 14.1. The van der Waals surface area contributed by atoms with Gasteiger partial charge in [-0.05, 0) is 59.1 Å². The number of allylic oxidation sites excluding steroid dienone is 1. The van der Waals surface area contributed by atoms with Crippen molar-refractivity contribution in [2.24, 2.45) is 0 Å². The number of non-ortho nitro benzene ring substituents is 1. The second kappa shape index (κ2) is 8.45. The molecule has 0 aliphatic carbocycles. The van der Waals surface area contributed by atoms with Crippen molar-refractivity contribution in [2.45, 2.75) is 13.8 Å². The fourth-order valence-corrected chi connectivity index (χ4v) is 3.21. The Hall–Kier alpha value is -2.65. The Kier molecular flexibility index (Phi) is 6.31. The summed E-state index contributed by atoms with van der Waals surface area (Å²) in [6.07, 6.45) is 1.73. The van der Waals surface area contributed by atoms with E-state index in [1.54, 1.807) is 18.2 Å². The van der Waals surface area contributed by atoms with Gasteiger partial charge in [0.2, 0.25) is 0 Å². The molecule has 0 aliphatic heterocycles. The molecule has 2 aromatic carbocycles. The summed E-state index contributed by atoms with van der Waals surface area (Å²) in [7, 11) is 0. The third kappa shape index (κ3) is 4.46. The maximum absolute atomic E-state index is 10.9. The van der Waals surface area contributed by atoms with Gasteiger partial charge in [0.15, 0.2) is 0 Å². The Morgan fingerprint density at radius 1 is 1.28 bits per heavy atom. The van der Waals surface area contributed by atoms with E-state index in [0.29, 0.717) is 11.1 Å². The molecule has 0 fully saturated rings. The van der Waals surface area contributed by atoms with Crippen LogP contribution < -0.4 is 4.90 Å². The number of benzene rings is 2. The van der Waals surface area contributed by atoms with E-state index in [9.17, 15) is 15.4 Å².